The molecule has 3 heteroatoms. The molecule has 0 spiro atoms. The predicted octanol–water partition coefficient (Wildman–Crippen LogP) is 2.29. The molecule has 0 saturated carbocycles. The molecule has 1 aliphatic rings. The second kappa shape index (κ2) is 4.56. The Kier molecular flexibility index (Phi) is 3.13. The lowest BCUT2D eigenvalue weighted by Gasteiger charge is -2.23. The number of carbonyl (C=O) groups excluding carboxylic acids is 1. The van der Waals surface area contributed by atoms with Gasteiger partial charge in [0.05, 0.1) is 20.1 Å². The molecule has 0 aromatic heterocycles. The number of carbonyl (C=O) groups is 1. The fourth-order valence-corrected chi connectivity index (χ4v) is 2.30. The van der Waals surface area contributed by atoms with Gasteiger partial charge in [0.15, 0.2) is 0 Å². The van der Waals surface area contributed by atoms with E-state index < -0.39 is 0 Å². The van der Waals surface area contributed by atoms with Gasteiger partial charge in [-0.05, 0) is 42.5 Å². The van der Waals surface area contributed by atoms with Crippen LogP contribution in [0.5, 0.6) is 5.75 Å². The van der Waals surface area contributed by atoms with Crippen molar-refractivity contribution in [3.8, 4) is 5.75 Å². The Hall–Kier alpha value is -1.51. The van der Waals surface area contributed by atoms with Gasteiger partial charge >= 0.3 is 5.97 Å². The molecule has 0 fully saturated rings. The summed E-state index contributed by atoms with van der Waals surface area (Å²) in [7, 11) is 3.10. The van der Waals surface area contributed by atoms with Crippen LogP contribution in [0.2, 0.25) is 0 Å². The Bertz CT molecular complexity index is 398. The molecule has 0 amide bonds. The monoisotopic (exact) mass is 220 g/mol. The molecule has 0 bridgehead atoms. The maximum atomic E-state index is 11.6. The topological polar surface area (TPSA) is 35.5 Å². The van der Waals surface area contributed by atoms with Crippen molar-refractivity contribution in [2.45, 2.75) is 25.2 Å². The van der Waals surface area contributed by atoms with Crippen molar-refractivity contribution in [3.05, 3.63) is 29.3 Å². The molecule has 1 aliphatic carbocycles. The smallest absolute Gasteiger partial charge is 0.313 e. The quantitative estimate of drug-likeness (QED) is 0.717. The number of esters is 1. The first-order chi connectivity index (χ1) is 7.76. The largest absolute Gasteiger partial charge is 0.497 e. The summed E-state index contributed by atoms with van der Waals surface area (Å²) in [5.74, 6) is 0.620. The first-order valence-electron chi connectivity index (χ1n) is 5.51. The maximum Gasteiger partial charge on any atom is 0.313 e. The van der Waals surface area contributed by atoms with Crippen molar-refractivity contribution in [2.24, 2.45) is 0 Å². The van der Waals surface area contributed by atoms with Crippen LogP contribution in [0.3, 0.4) is 0 Å². The molecule has 2 rings (SSSR count). The lowest BCUT2D eigenvalue weighted by atomic mass is 9.83. The van der Waals surface area contributed by atoms with Gasteiger partial charge in [0.1, 0.15) is 5.75 Å². The van der Waals surface area contributed by atoms with E-state index in [1.165, 1.54) is 12.7 Å². The average molecular weight is 220 g/mol. The second-order valence-corrected chi connectivity index (χ2v) is 4.03. The minimum atomic E-state index is -0.133. The van der Waals surface area contributed by atoms with Gasteiger partial charge in [-0.15, -0.1) is 0 Å². The molecule has 0 radical (unpaired) electrons. The fourth-order valence-electron chi connectivity index (χ4n) is 2.30. The van der Waals surface area contributed by atoms with Crippen LogP contribution in [0.25, 0.3) is 0 Å². The zero-order valence-electron chi connectivity index (χ0n) is 9.66. The van der Waals surface area contributed by atoms with E-state index in [2.05, 4.69) is 0 Å². The van der Waals surface area contributed by atoms with Crippen LogP contribution in [0.15, 0.2) is 18.2 Å². The first-order valence-corrected chi connectivity index (χ1v) is 5.51. The summed E-state index contributed by atoms with van der Waals surface area (Å²) in [6.07, 6.45) is 2.92. The van der Waals surface area contributed by atoms with Crippen molar-refractivity contribution in [2.75, 3.05) is 14.2 Å². The fraction of sp³-hybridized carbons (Fsp3) is 0.462. The summed E-state index contributed by atoms with van der Waals surface area (Å²) in [5, 5.41) is 0. The number of hydrogen-bond donors (Lipinski definition) is 0. The lowest BCUT2D eigenvalue weighted by Crippen LogP contribution is -2.19. The molecule has 0 N–H and O–H groups in total. The predicted molar refractivity (Wildman–Crippen MR) is 60.7 cm³/mol. The van der Waals surface area contributed by atoms with Crippen LogP contribution in [-0.4, -0.2) is 20.2 Å². The molecule has 0 saturated heterocycles. The lowest BCUT2D eigenvalue weighted by molar-refractivity contribution is -0.142. The Morgan fingerprint density at radius 2 is 2.19 bits per heavy atom. The minimum Gasteiger partial charge on any atom is -0.497 e. The highest BCUT2D eigenvalue weighted by molar-refractivity contribution is 5.79. The van der Waals surface area contributed by atoms with Gasteiger partial charge < -0.3 is 9.47 Å². The van der Waals surface area contributed by atoms with E-state index in [4.69, 9.17) is 9.47 Å². The van der Waals surface area contributed by atoms with Crippen molar-refractivity contribution in [3.63, 3.8) is 0 Å². The summed E-state index contributed by atoms with van der Waals surface area (Å²) >= 11 is 0. The Labute approximate surface area is 95.4 Å². The molecule has 0 heterocycles. The van der Waals surface area contributed by atoms with Gasteiger partial charge in [-0.2, -0.15) is 0 Å². The second-order valence-electron chi connectivity index (χ2n) is 4.03. The Balaban J connectivity index is 2.36. The molecule has 3 nitrogen and oxygen atoms in total. The van der Waals surface area contributed by atoms with Crippen LogP contribution < -0.4 is 4.74 Å². The van der Waals surface area contributed by atoms with E-state index in [-0.39, 0.29) is 11.9 Å². The van der Waals surface area contributed by atoms with Crippen molar-refractivity contribution in [1.29, 1.82) is 0 Å². The van der Waals surface area contributed by atoms with Crippen molar-refractivity contribution < 1.29 is 14.3 Å². The van der Waals surface area contributed by atoms with E-state index in [0.717, 1.165) is 30.6 Å². The van der Waals surface area contributed by atoms with Gasteiger partial charge in [-0.3, -0.25) is 4.79 Å². The number of ether oxygens (including phenoxy) is 2. The van der Waals surface area contributed by atoms with Crippen LogP contribution in [-0.2, 0) is 16.0 Å². The van der Waals surface area contributed by atoms with E-state index in [1.807, 2.05) is 18.2 Å². The van der Waals surface area contributed by atoms with Gasteiger partial charge in [0.25, 0.3) is 0 Å². The third-order valence-corrected chi connectivity index (χ3v) is 3.15. The standard InChI is InChI=1S/C13H16O3/c1-15-10-6-7-11-9(8-10)4-3-5-12(11)13(14)16-2/h6-8,12H,3-5H2,1-2H3. The molecular weight excluding hydrogens is 204 g/mol. The molecular formula is C13H16O3. The van der Waals surface area contributed by atoms with E-state index >= 15 is 0 Å². The number of rotatable bonds is 2. The zero-order chi connectivity index (χ0) is 11.5. The molecule has 1 unspecified atom stereocenters. The summed E-state index contributed by atoms with van der Waals surface area (Å²) in [4.78, 5) is 11.6. The molecule has 1 aromatic rings. The third-order valence-electron chi connectivity index (χ3n) is 3.15. The van der Waals surface area contributed by atoms with Gasteiger partial charge in [0, 0.05) is 0 Å². The van der Waals surface area contributed by atoms with Crippen molar-refractivity contribution in [1.82, 2.24) is 0 Å². The number of methoxy groups -OCH3 is 2. The van der Waals surface area contributed by atoms with E-state index in [1.54, 1.807) is 7.11 Å². The molecule has 16 heavy (non-hydrogen) atoms. The minimum absolute atomic E-state index is 0.0975. The Morgan fingerprint density at radius 3 is 2.88 bits per heavy atom. The number of fused-ring (bicyclic) bond motifs is 1. The highest BCUT2D eigenvalue weighted by Gasteiger charge is 2.27. The highest BCUT2D eigenvalue weighted by Crippen LogP contribution is 2.34. The van der Waals surface area contributed by atoms with Gasteiger partial charge in [-0.25, -0.2) is 0 Å². The van der Waals surface area contributed by atoms with Crippen LogP contribution in [0, 0.1) is 0 Å². The van der Waals surface area contributed by atoms with E-state index in [0.29, 0.717) is 0 Å². The number of aryl methyl sites for hydroxylation is 1. The number of hydrogen-bond acceptors (Lipinski definition) is 3. The summed E-state index contributed by atoms with van der Waals surface area (Å²) in [5.41, 5.74) is 2.31. The number of benzene rings is 1. The Morgan fingerprint density at radius 1 is 1.38 bits per heavy atom. The average Bonchev–Trinajstić information content (AvgIpc) is 2.36. The molecule has 1 atom stereocenters. The normalized spacial score (nSPS) is 18.8. The van der Waals surface area contributed by atoms with Gasteiger partial charge in [-0.1, -0.05) is 6.07 Å². The first kappa shape index (κ1) is 11.0. The molecule has 0 aliphatic heterocycles. The van der Waals surface area contributed by atoms with Crippen LogP contribution in [0.1, 0.15) is 29.9 Å². The highest BCUT2D eigenvalue weighted by atomic mass is 16.5. The van der Waals surface area contributed by atoms with Gasteiger partial charge in [0.2, 0.25) is 0 Å². The summed E-state index contributed by atoms with van der Waals surface area (Å²) in [6, 6.07) is 5.90. The third kappa shape index (κ3) is 1.90. The van der Waals surface area contributed by atoms with Crippen LogP contribution in [0.4, 0.5) is 0 Å². The SMILES string of the molecule is COC(=O)C1CCCc2cc(OC)ccc21. The van der Waals surface area contributed by atoms with E-state index in [9.17, 15) is 4.79 Å². The zero-order valence-corrected chi connectivity index (χ0v) is 9.66. The maximum absolute atomic E-state index is 11.6. The van der Waals surface area contributed by atoms with Crippen LogP contribution >= 0.6 is 0 Å². The van der Waals surface area contributed by atoms with Crippen molar-refractivity contribution >= 4 is 5.97 Å². The molecule has 86 valence electrons. The molecule has 1 aromatic carbocycles. The summed E-state index contributed by atoms with van der Waals surface area (Å²) < 4.78 is 10.0. The summed E-state index contributed by atoms with van der Waals surface area (Å²) in [6.45, 7) is 0.